The number of nitriles is 1. The summed E-state index contributed by atoms with van der Waals surface area (Å²) < 4.78 is 7.70. The first-order valence-corrected chi connectivity index (χ1v) is 11.3. The average molecular weight is 499 g/mol. The summed E-state index contributed by atoms with van der Waals surface area (Å²) in [4.78, 5) is 12.9. The second-order valence-corrected chi connectivity index (χ2v) is 8.45. The van der Waals surface area contributed by atoms with Crippen LogP contribution in [0.25, 0.3) is 34.2 Å². The fourth-order valence-corrected chi connectivity index (χ4v) is 4.04. The van der Waals surface area contributed by atoms with Gasteiger partial charge < -0.3 is 9.73 Å². The second-order valence-electron chi connectivity index (χ2n) is 7.61. The van der Waals surface area contributed by atoms with Gasteiger partial charge in [-0.3, -0.25) is 4.79 Å². The molecule has 0 radical (unpaired) electrons. The van der Waals surface area contributed by atoms with E-state index in [1.165, 1.54) is 12.1 Å². The summed E-state index contributed by atoms with van der Waals surface area (Å²) in [6, 6.07) is 25.7. The van der Waals surface area contributed by atoms with E-state index in [2.05, 4.69) is 5.32 Å². The van der Waals surface area contributed by atoms with Crippen molar-refractivity contribution in [3.63, 3.8) is 0 Å². The van der Waals surface area contributed by atoms with Crippen LogP contribution < -0.4 is 5.32 Å². The number of anilines is 1. The Hall–Kier alpha value is -4.31. The third-order valence-corrected chi connectivity index (χ3v) is 5.81. The van der Waals surface area contributed by atoms with Crippen LogP contribution in [-0.2, 0) is 4.79 Å². The highest BCUT2D eigenvalue weighted by Gasteiger charge is 2.18. The van der Waals surface area contributed by atoms with Gasteiger partial charge in [-0.1, -0.05) is 59.6 Å². The lowest BCUT2D eigenvalue weighted by atomic mass is 10.1. The van der Waals surface area contributed by atoms with Gasteiger partial charge in [-0.25, -0.2) is 4.68 Å². The van der Waals surface area contributed by atoms with Crippen molar-refractivity contribution in [3.8, 4) is 23.2 Å². The van der Waals surface area contributed by atoms with Gasteiger partial charge in [0.15, 0.2) is 5.76 Å². The minimum absolute atomic E-state index is 0.124. The van der Waals surface area contributed by atoms with Gasteiger partial charge in [-0.15, -0.1) is 0 Å². The van der Waals surface area contributed by atoms with Crippen molar-refractivity contribution in [3.05, 3.63) is 106 Å². The largest absolute Gasteiger partial charge is 0.454 e. The highest BCUT2D eigenvalue weighted by atomic mass is 35.5. The monoisotopic (exact) mass is 498 g/mol. The summed E-state index contributed by atoms with van der Waals surface area (Å²) in [7, 11) is 0. The fourth-order valence-electron chi connectivity index (χ4n) is 3.58. The fraction of sp³-hybridized carbons (Fsp3) is 0. The number of halogens is 2. The number of benzene rings is 3. The van der Waals surface area contributed by atoms with Gasteiger partial charge in [-0.2, -0.15) is 10.4 Å². The Labute approximate surface area is 210 Å². The van der Waals surface area contributed by atoms with Crippen LogP contribution >= 0.6 is 23.2 Å². The molecule has 170 valence electrons. The molecule has 0 saturated carbocycles. The minimum Gasteiger partial charge on any atom is -0.454 e. The molecule has 5 aromatic rings. The van der Waals surface area contributed by atoms with Gasteiger partial charge in [0.25, 0.3) is 5.91 Å². The summed E-state index contributed by atoms with van der Waals surface area (Å²) >= 11 is 12.1. The van der Waals surface area contributed by atoms with E-state index in [0.29, 0.717) is 33.3 Å². The lowest BCUT2D eigenvalue weighted by molar-refractivity contribution is -0.112. The normalized spacial score (nSPS) is 11.4. The van der Waals surface area contributed by atoms with E-state index in [1.807, 2.05) is 66.7 Å². The molecule has 1 N–H and O–H groups in total. The molecule has 2 aromatic heterocycles. The second kappa shape index (κ2) is 9.51. The van der Waals surface area contributed by atoms with E-state index in [1.54, 1.807) is 23.0 Å². The van der Waals surface area contributed by atoms with Crippen LogP contribution in [0, 0.1) is 11.3 Å². The summed E-state index contributed by atoms with van der Waals surface area (Å²) in [5.74, 6) is -0.0923. The third-order valence-electron chi connectivity index (χ3n) is 5.27. The molecular formula is C27H16Cl2N4O2. The molecule has 2 heterocycles. The van der Waals surface area contributed by atoms with Crippen molar-refractivity contribution in [1.82, 2.24) is 9.78 Å². The molecule has 35 heavy (non-hydrogen) atoms. The lowest BCUT2D eigenvalue weighted by Crippen LogP contribution is -2.13. The Morgan fingerprint density at radius 2 is 1.80 bits per heavy atom. The van der Waals surface area contributed by atoms with Crippen molar-refractivity contribution in [2.45, 2.75) is 0 Å². The lowest BCUT2D eigenvalue weighted by Gasteiger charge is -2.06. The Morgan fingerprint density at radius 3 is 2.54 bits per heavy atom. The van der Waals surface area contributed by atoms with Crippen molar-refractivity contribution >= 4 is 51.8 Å². The van der Waals surface area contributed by atoms with Crippen LogP contribution in [0.1, 0.15) is 5.56 Å². The number of carbonyl (C=O) groups excluding carboxylic acids is 1. The Morgan fingerprint density at radius 1 is 1.03 bits per heavy atom. The smallest absolute Gasteiger partial charge is 0.266 e. The highest BCUT2D eigenvalue weighted by Crippen LogP contribution is 2.31. The molecule has 0 atom stereocenters. The predicted molar refractivity (Wildman–Crippen MR) is 137 cm³/mol. The van der Waals surface area contributed by atoms with Gasteiger partial charge in [-0.05, 0) is 48.5 Å². The molecule has 0 unspecified atom stereocenters. The number of hydrogen-bond acceptors (Lipinski definition) is 4. The maximum Gasteiger partial charge on any atom is 0.266 e. The third kappa shape index (κ3) is 4.69. The Balaban J connectivity index is 1.58. The first-order valence-electron chi connectivity index (χ1n) is 10.5. The molecule has 8 heteroatoms. The minimum atomic E-state index is -0.611. The highest BCUT2D eigenvalue weighted by molar-refractivity contribution is 6.37. The van der Waals surface area contributed by atoms with Crippen molar-refractivity contribution < 1.29 is 9.21 Å². The van der Waals surface area contributed by atoms with Crippen LogP contribution in [0.3, 0.4) is 0 Å². The number of para-hydroxylation sites is 2. The first-order chi connectivity index (χ1) is 17.0. The average Bonchev–Trinajstić information content (AvgIpc) is 3.49. The molecule has 0 aliphatic carbocycles. The van der Waals surface area contributed by atoms with E-state index >= 15 is 0 Å². The molecule has 5 rings (SSSR count). The molecular weight excluding hydrogens is 483 g/mol. The van der Waals surface area contributed by atoms with Crippen LogP contribution in [0.2, 0.25) is 10.0 Å². The molecule has 3 aromatic carbocycles. The summed E-state index contributed by atoms with van der Waals surface area (Å²) in [6.45, 7) is 0. The van der Waals surface area contributed by atoms with Crippen LogP contribution in [0.5, 0.6) is 0 Å². The van der Waals surface area contributed by atoms with Crippen LogP contribution in [0.4, 0.5) is 5.69 Å². The maximum atomic E-state index is 12.9. The number of nitrogens with zero attached hydrogens (tertiary/aromatic N) is 3. The zero-order valence-corrected chi connectivity index (χ0v) is 19.6. The van der Waals surface area contributed by atoms with Gasteiger partial charge in [0.1, 0.15) is 22.9 Å². The zero-order valence-electron chi connectivity index (χ0n) is 18.1. The number of furan rings is 1. The zero-order chi connectivity index (χ0) is 24.4. The number of aromatic nitrogens is 2. The summed E-state index contributed by atoms with van der Waals surface area (Å²) in [5, 5.41) is 18.7. The summed E-state index contributed by atoms with van der Waals surface area (Å²) in [6.07, 6.45) is 3.23. The molecule has 1 amide bonds. The van der Waals surface area contributed by atoms with Crippen LogP contribution in [0.15, 0.2) is 95.0 Å². The first kappa shape index (κ1) is 22.5. The Bertz CT molecular complexity index is 1600. The maximum absolute atomic E-state index is 12.9. The summed E-state index contributed by atoms with van der Waals surface area (Å²) in [5.41, 5.74) is 2.79. The Kier molecular flexibility index (Phi) is 6.11. The number of nitrogens with one attached hydrogen (secondary N) is 1. The molecule has 0 aliphatic rings. The van der Waals surface area contributed by atoms with Crippen LogP contribution in [-0.4, -0.2) is 15.7 Å². The molecule has 0 fully saturated rings. The predicted octanol–water partition coefficient (Wildman–Crippen LogP) is 7.14. The molecule has 0 spiro atoms. The number of carbonyl (C=O) groups is 1. The van der Waals surface area contributed by atoms with E-state index in [9.17, 15) is 10.1 Å². The van der Waals surface area contributed by atoms with Crippen molar-refractivity contribution in [1.29, 1.82) is 5.26 Å². The number of rotatable bonds is 5. The van der Waals surface area contributed by atoms with Crippen molar-refractivity contribution in [2.75, 3.05) is 5.32 Å². The number of fused-ring (bicyclic) bond motifs is 1. The van der Waals surface area contributed by atoms with Gasteiger partial charge >= 0.3 is 0 Å². The number of hydrogen-bond donors (Lipinski definition) is 1. The quantitative estimate of drug-likeness (QED) is 0.206. The molecule has 6 nitrogen and oxygen atoms in total. The molecule has 0 bridgehead atoms. The van der Waals surface area contributed by atoms with Crippen molar-refractivity contribution in [2.24, 2.45) is 0 Å². The topological polar surface area (TPSA) is 83.8 Å². The molecule has 0 saturated heterocycles. The van der Waals surface area contributed by atoms with E-state index in [0.717, 1.165) is 11.1 Å². The van der Waals surface area contributed by atoms with Gasteiger partial charge in [0.05, 0.1) is 16.4 Å². The SMILES string of the molecule is N#C/C(=C\c1cn(-c2ccccc2)nc1-c1cc2ccccc2o1)C(=O)Nc1ccc(Cl)cc1Cl. The standard InChI is InChI=1S/C27H16Cl2N4O2/c28-20-10-11-23(22(29)14-20)31-27(34)18(15-30)12-19-16-33(21-7-2-1-3-8-21)32-26(19)25-13-17-6-4-5-9-24(17)35-25/h1-14,16H,(H,31,34)/b18-12+. The number of amides is 1. The van der Waals surface area contributed by atoms with E-state index < -0.39 is 5.91 Å². The van der Waals surface area contributed by atoms with E-state index in [4.69, 9.17) is 32.7 Å². The van der Waals surface area contributed by atoms with Gasteiger partial charge in [0, 0.05) is 22.2 Å². The molecule has 0 aliphatic heterocycles. The van der Waals surface area contributed by atoms with Gasteiger partial charge in [0.2, 0.25) is 0 Å². The van der Waals surface area contributed by atoms with E-state index in [-0.39, 0.29) is 10.6 Å².